The van der Waals surface area contributed by atoms with Crippen LogP contribution in [-0.4, -0.2) is 69.0 Å². The molecule has 0 aliphatic carbocycles. The van der Waals surface area contributed by atoms with Gasteiger partial charge in [-0.25, -0.2) is 8.42 Å². The lowest BCUT2D eigenvalue weighted by molar-refractivity contribution is -0.125. The average molecular weight is 432 g/mol. The van der Waals surface area contributed by atoms with E-state index in [1.807, 2.05) is 12.1 Å². The minimum absolute atomic E-state index is 0.0743. The van der Waals surface area contributed by atoms with Crippen LogP contribution in [0.25, 0.3) is 6.08 Å². The lowest BCUT2D eigenvalue weighted by Crippen LogP contribution is -2.40. The van der Waals surface area contributed by atoms with Crippen LogP contribution in [-0.2, 0) is 26.1 Å². The van der Waals surface area contributed by atoms with E-state index in [-0.39, 0.29) is 16.6 Å². The van der Waals surface area contributed by atoms with Gasteiger partial charge in [-0.2, -0.15) is 4.31 Å². The normalized spacial score (nSPS) is 15.3. The Hall–Kier alpha value is -2.75. The molecule has 30 heavy (non-hydrogen) atoms. The van der Waals surface area contributed by atoms with Crippen LogP contribution in [0.1, 0.15) is 11.1 Å². The number of pyridine rings is 1. The van der Waals surface area contributed by atoms with Crippen molar-refractivity contribution >= 4 is 22.0 Å². The van der Waals surface area contributed by atoms with Gasteiger partial charge in [0.25, 0.3) is 0 Å². The molecule has 1 saturated heterocycles. The first-order valence-corrected chi connectivity index (χ1v) is 10.9. The number of benzene rings is 1. The highest BCUT2D eigenvalue weighted by molar-refractivity contribution is 7.89. The number of morpholine rings is 1. The molecule has 8 nitrogen and oxygen atoms in total. The number of ether oxygens (including phenoxy) is 2. The summed E-state index contributed by atoms with van der Waals surface area (Å²) < 4.78 is 38.0. The number of amides is 1. The predicted molar refractivity (Wildman–Crippen MR) is 112 cm³/mol. The Balaban J connectivity index is 1.78. The number of carbonyl (C=O) groups is 1. The second kappa shape index (κ2) is 9.84. The van der Waals surface area contributed by atoms with Crippen molar-refractivity contribution in [3.05, 3.63) is 59.9 Å². The highest BCUT2D eigenvalue weighted by Gasteiger charge is 2.29. The summed E-state index contributed by atoms with van der Waals surface area (Å²) in [7, 11) is -0.604. The van der Waals surface area contributed by atoms with Gasteiger partial charge in [0.2, 0.25) is 15.9 Å². The van der Waals surface area contributed by atoms with E-state index in [4.69, 9.17) is 9.47 Å². The first kappa shape index (κ1) is 21.9. The van der Waals surface area contributed by atoms with Crippen molar-refractivity contribution in [2.24, 2.45) is 0 Å². The Morgan fingerprint density at radius 2 is 2.07 bits per heavy atom. The van der Waals surface area contributed by atoms with E-state index in [1.165, 1.54) is 23.6 Å². The van der Waals surface area contributed by atoms with E-state index in [0.717, 1.165) is 5.56 Å². The van der Waals surface area contributed by atoms with Crippen LogP contribution in [0.5, 0.6) is 5.75 Å². The standard InChI is InChI=1S/C21H25N3O5S/c1-23(16-18-4-3-9-22-15-18)21(25)8-6-17-5-7-19(28-2)20(14-17)30(26,27)24-10-12-29-13-11-24/h3-9,14-15H,10-13,16H2,1-2H3. The van der Waals surface area contributed by atoms with Crippen molar-refractivity contribution in [3.63, 3.8) is 0 Å². The molecule has 0 radical (unpaired) electrons. The van der Waals surface area contributed by atoms with Crippen LogP contribution >= 0.6 is 0 Å². The van der Waals surface area contributed by atoms with Crippen LogP contribution in [0.2, 0.25) is 0 Å². The van der Waals surface area contributed by atoms with Gasteiger partial charge in [0.1, 0.15) is 10.6 Å². The monoisotopic (exact) mass is 431 g/mol. The number of rotatable bonds is 7. The molecular formula is C21H25N3O5S. The molecule has 0 unspecified atom stereocenters. The van der Waals surface area contributed by atoms with E-state index < -0.39 is 10.0 Å². The minimum atomic E-state index is -3.73. The zero-order chi connectivity index (χ0) is 21.6. The number of sulfonamides is 1. The molecule has 2 aromatic rings. The van der Waals surface area contributed by atoms with Gasteiger partial charge in [-0.1, -0.05) is 12.1 Å². The number of hydrogen-bond acceptors (Lipinski definition) is 6. The molecule has 0 bridgehead atoms. The molecule has 1 aromatic heterocycles. The summed E-state index contributed by atoms with van der Waals surface area (Å²) in [5.74, 6) is 0.0610. The molecule has 160 valence electrons. The van der Waals surface area contributed by atoms with Crippen molar-refractivity contribution in [2.45, 2.75) is 11.4 Å². The zero-order valence-electron chi connectivity index (χ0n) is 17.0. The summed E-state index contributed by atoms with van der Waals surface area (Å²) in [6.45, 7) is 1.74. The van der Waals surface area contributed by atoms with E-state index >= 15 is 0 Å². The third kappa shape index (κ3) is 5.24. The quantitative estimate of drug-likeness (QED) is 0.621. The smallest absolute Gasteiger partial charge is 0.246 e. The van der Waals surface area contributed by atoms with Crippen LogP contribution in [0.15, 0.2) is 53.7 Å². The molecule has 9 heteroatoms. The summed E-state index contributed by atoms with van der Waals surface area (Å²) >= 11 is 0. The SMILES string of the molecule is COc1ccc(C=CC(=O)N(C)Cc2cccnc2)cc1S(=O)(=O)N1CCOCC1. The zero-order valence-corrected chi connectivity index (χ0v) is 17.8. The van der Waals surface area contributed by atoms with Gasteiger partial charge in [-0.15, -0.1) is 0 Å². The second-order valence-electron chi connectivity index (χ2n) is 6.82. The van der Waals surface area contributed by atoms with Crippen LogP contribution in [0.4, 0.5) is 0 Å². The number of likely N-dealkylation sites (N-methyl/N-ethyl adjacent to an activating group) is 1. The van der Waals surface area contributed by atoms with Gasteiger partial charge in [0.05, 0.1) is 20.3 Å². The number of carbonyl (C=O) groups excluding carboxylic acids is 1. The summed E-state index contributed by atoms with van der Waals surface area (Å²) in [4.78, 5) is 18.1. The average Bonchev–Trinajstić information content (AvgIpc) is 2.78. The van der Waals surface area contributed by atoms with Crippen molar-refractivity contribution in [3.8, 4) is 5.75 Å². The maximum absolute atomic E-state index is 13.1. The fraction of sp³-hybridized carbons (Fsp3) is 0.333. The molecule has 0 saturated carbocycles. The van der Waals surface area contributed by atoms with E-state index in [9.17, 15) is 13.2 Å². The van der Waals surface area contributed by atoms with Gasteiger partial charge in [-0.3, -0.25) is 9.78 Å². The predicted octanol–water partition coefficient (Wildman–Crippen LogP) is 1.78. The van der Waals surface area contributed by atoms with Crippen LogP contribution < -0.4 is 4.74 Å². The summed E-state index contributed by atoms with van der Waals surface area (Å²) in [5.41, 5.74) is 1.51. The maximum atomic E-state index is 13.1. The Labute approximate surface area is 176 Å². The lowest BCUT2D eigenvalue weighted by atomic mass is 10.2. The summed E-state index contributed by atoms with van der Waals surface area (Å²) in [6.07, 6.45) is 6.40. The number of methoxy groups -OCH3 is 1. The van der Waals surface area contributed by atoms with Gasteiger partial charge in [0, 0.05) is 45.2 Å². The van der Waals surface area contributed by atoms with Crippen LogP contribution in [0.3, 0.4) is 0 Å². The third-order valence-corrected chi connectivity index (χ3v) is 6.63. The fourth-order valence-electron chi connectivity index (χ4n) is 3.06. The Kier molecular flexibility index (Phi) is 7.20. The molecule has 1 aliphatic heterocycles. The second-order valence-corrected chi connectivity index (χ2v) is 8.72. The van der Waals surface area contributed by atoms with Gasteiger partial charge in [0.15, 0.2) is 0 Å². The number of nitrogens with zero attached hydrogens (tertiary/aromatic N) is 3. The number of aromatic nitrogens is 1. The molecule has 0 spiro atoms. The fourth-order valence-corrected chi connectivity index (χ4v) is 4.66. The Morgan fingerprint density at radius 1 is 1.30 bits per heavy atom. The van der Waals surface area contributed by atoms with E-state index in [2.05, 4.69) is 4.98 Å². The first-order chi connectivity index (χ1) is 14.4. The molecule has 1 fully saturated rings. The van der Waals surface area contributed by atoms with Crippen molar-refractivity contribution in [1.29, 1.82) is 0 Å². The van der Waals surface area contributed by atoms with Crippen molar-refractivity contribution < 1.29 is 22.7 Å². The van der Waals surface area contributed by atoms with Gasteiger partial charge < -0.3 is 14.4 Å². The lowest BCUT2D eigenvalue weighted by Gasteiger charge is -2.26. The molecule has 1 aliphatic rings. The van der Waals surface area contributed by atoms with Gasteiger partial charge >= 0.3 is 0 Å². The molecule has 3 rings (SSSR count). The highest BCUT2D eigenvalue weighted by Crippen LogP contribution is 2.28. The van der Waals surface area contributed by atoms with E-state index in [0.29, 0.717) is 38.4 Å². The Morgan fingerprint density at radius 3 is 2.73 bits per heavy atom. The van der Waals surface area contributed by atoms with Gasteiger partial charge in [-0.05, 0) is 35.4 Å². The molecule has 1 aromatic carbocycles. The van der Waals surface area contributed by atoms with Crippen molar-refractivity contribution in [2.75, 3.05) is 40.5 Å². The molecule has 0 N–H and O–H groups in total. The highest BCUT2D eigenvalue weighted by atomic mass is 32.2. The third-order valence-electron chi connectivity index (χ3n) is 4.71. The topological polar surface area (TPSA) is 89.0 Å². The molecule has 1 amide bonds. The Bertz CT molecular complexity index is 1000. The maximum Gasteiger partial charge on any atom is 0.246 e. The number of hydrogen-bond donors (Lipinski definition) is 0. The minimum Gasteiger partial charge on any atom is -0.495 e. The summed E-state index contributed by atoms with van der Waals surface area (Å²) in [5, 5.41) is 0. The summed E-state index contributed by atoms with van der Waals surface area (Å²) in [6, 6.07) is 8.54. The van der Waals surface area contributed by atoms with Crippen molar-refractivity contribution in [1.82, 2.24) is 14.2 Å². The van der Waals surface area contributed by atoms with Crippen LogP contribution in [0, 0.1) is 0 Å². The molecule has 0 atom stereocenters. The molecule has 2 heterocycles. The molecular weight excluding hydrogens is 406 g/mol. The largest absolute Gasteiger partial charge is 0.495 e. The van der Waals surface area contributed by atoms with E-state index in [1.54, 1.807) is 42.6 Å². The first-order valence-electron chi connectivity index (χ1n) is 9.50.